The Labute approximate surface area is 229 Å². The van der Waals surface area contributed by atoms with Gasteiger partial charge < -0.3 is 19.2 Å². The highest BCUT2D eigenvalue weighted by atomic mass is 32.1. The summed E-state index contributed by atoms with van der Waals surface area (Å²) in [5, 5.41) is 9.55. The minimum atomic E-state index is -0.265. The molecule has 0 spiro atoms. The molecule has 1 fully saturated rings. The molecule has 10 heteroatoms. The maximum Gasteiger partial charge on any atom is 0.291 e. The molecule has 1 saturated heterocycles. The summed E-state index contributed by atoms with van der Waals surface area (Å²) in [4.78, 5) is 35.9. The number of amides is 2. The van der Waals surface area contributed by atoms with Crippen LogP contribution in [0, 0.1) is 0 Å². The molecule has 1 aliphatic heterocycles. The number of hydrogen-bond acceptors (Lipinski definition) is 8. The molecule has 6 rings (SSSR count). The molecular weight excluding hydrogens is 514 g/mol. The van der Waals surface area contributed by atoms with Gasteiger partial charge >= 0.3 is 0 Å². The highest BCUT2D eigenvalue weighted by molar-refractivity contribution is 7.13. The molecule has 1 N–H and O–H groups in total. The van der Waals surface area contributed by atoms with Crippen LogP contribution in [0.3, 0.4) is 0 Å². The predicted octanol–water partition coefficient (Wildman–Crippen LogP) is 5.07. The topological polar surface area (TPSA) is 105 Å². The number of benzene rings is 2. The molecule has 2 aromatic carbocycles. The Morgan fingerprint density at radius 2 is 1.74 bits per heavy atom. The number of carbonyl (C=O) groups is 2. The van der Waals surface area contributed by atoms with Crippen LogP contribution < -0.4 is 5.32 Å². The number of aryl methyl sites for hydroxylation is 1. The Morgan fingerprint density at radius 3 is 2.54 bits per heavy atom. The average molecular weight is 542 g/mol. The smallest absolute Gasteiger partial charge is 0.291 e. The minimum Gasteiger partial charge on any atom is -0.449 e. The number of fused-ring (bicyclic) bond motifs is 1. The first kappa shape index (κ1) is 25.0. The van der Waals surface area contributed by atoms with E-state index in [9.17, 15) is 9.59 Å². The summed E-state index contributed by atoms with van der Waals surface area (Å²) in [5.41, 5.74) is 2.20. The van der Waals surface area contributed by atoms with Gasteiger partial charge in [-0.1, -0.05) is 53.7 Å². The summed E-state index contributed by atoms with van der Waals surface area (Å²) in [6, 6.07) is 21.5. The number of nitrogens with one attached hydrogen (secondary N) is 1. The van der Waals surface area contributed by atoms with Crippen LogP contribution in [0.4, 0.5) is 5.69 Å². The number of para-hydroxylation sites is 1. The molecular formula is C29H27N5O4S. The summed E-state index contributed by atoms with van der Waals surface area (Å²) in [6.45, 7) is 3.55. The average Bonchev–Trinajstić information content (AvgIpc) is 3.73. The normalized spacial score (nSPS) is 14.1. The van der Waals surface area contributed by atoms with Crippen molar-refractivity contribution in [2.45, 2.75) is 19.4 Å². The van der Waals surface area contributed by atoms with Crippen LogP contribution in [-0.4, -0.2) is 57.9 Å². The van der Waals surface area contributed by atoms with Crippen molar-refractivity contribution in [1.29, 1.82) is 0 Å². The van der Waals surface area contributed by atoms with Gasteiger partial charge in [-0.3, -0.25) is 14.5 Å². The van der Waals surface area contributed by atoms with Crippen LogP contribution in [-0.2, 0) is 17.8 Å². The van der Waals surface area contributed by atoms with Gasteiger partial charge in [0.05, 0.1) is 4.88 Å². The van der Waals surface area contributed by atoms with E-state index in [-0.39, 0.29) is 30.4 Å². The Kier molecular flexibility index (Phi) is 7.20. The molecule has 39 heavy (non-hydrogen) atoms. The van der Waals surface area contributed by atoms with Crippen LogP contribution in [0.5, 0.6) is 0 Å². The highest BCUT2D eigenvalue weighted by Crippen LogP contribution is 2.32. The van der Waals surface area contributed by atoms with Gasteiger partial charge in [0.15, 0.2) is 0 Å². The second kappa shape index (κ2) is 11.2. The Morgan fingerprint density at radius 1 is 0.949 bits per heavy atom. The molecule has 0 radical (unpaired) electrons. The van der Waals surface area contributed by atoms with Crippen molar-refractivity contribution in [3.63, 3.8) is 0 Å². The molecule has 0 atom stereocenters. The minimum absolute atomic E-state index is 0.122. The first-order chi connectivity index (χ1) is 19.1. The zero-order chi connectivity index (χ0) is 26.6. The molecule has 9 nitrogen and oxygen atoms in total. The second-order valence-corrected chi connectivity index (χ2v) is 10.3. The number of thiophene rings is 1. The van der Waals surface area contributed by atoms with E-state index in [1.807, 2.05) is 53.9 Å². The number of hydrogen-bond donors (Lipinski definition) is 1. The van der Waals surface area contributed by atoms with Crippen molar-refractivity contribution in [2.75, 3.05) is 31.5 Å². The third-order valence-corrected chi connectivity index (χ3v) is 7.60. The van der Waals surface area contributed by atoms with Gasteiger partial charge in [0, 0.05) is 51.0 Å². The molecule has 198 valence electrons. The fraction of sp³-hybridized carbons (Fsp3) is 0.241. The number of aromatic nitrogens is 2. The van der Waals surface area contributed by atoms with Crippen LogP contribution in [0.1, 0.15) is 28.4 Å². The van der Waals surface area contributed by atoms with Crippen molar-refractivity contribution < 1.29 is 18.5 Å². The predicted molar refractivity (Wildman–Crippen MR) is 148 cm³/mol. The molecule has 0 aliphatic carbocycles. The van der Waals surface area contributed by atoms with Gasteiger partial charge in [-0.2, -0.15) is 4.98 Å². The van der Waals surface area contributed by atoms with Crippen LogP contribution in [0.15, 0.2) is 81.1 Å². The lowest BCUT2D eigenvalue weighted by molar-refractivity contribution is -0.116. The molecule has 0 bridgehead atoms. The van der Waals surface area contributed by atoms with E-state index >= 15 is 0 Å². The number of nitrogens with zero attached hydrogens (tertiary/aromatic N) is 4. The highest BCUT2D eigenvalue weighted by Gasteiger charge is 2.29. The number of piperazine rings is 1. The van der Waals surface area contributed by atoms with Gasteiger partial charge in [-0.15, -0.1) is 11.3 Å². The van der Waals surface area contributed by atoms with E-state index in [0.717, 1.165) is 24.5 Å². The molecule has 2 amide bonds. The molecule has 3 aromatic heterocycles. The number of furan rings is 1. The van der Waals surface area contributed by atoms with E-state index < -0.39 is 0 Å². The van der Waals surface area contributed by atoms with Gasteiger partial charge in [0.1, 0.15) is 11.3 Å². The third kappa shape index (κ3) is 5.62. The Hall–Kier alpha value is -4.28. The first-order valence-corrected chi connectivity index (χ1v) is 13.8. The number of rotatable bonds is 8. The molecule has 1 aliphatic rings. The Balaban J connectivity index is 1.12. The van der Waals surface area contributed by atoms with E-state index in [4.69, 9.17) is 8.94 Å². The largest absolute Gasteiger partial charge is 0.449 e. The van der Waals surface area contributed by atoms with Crippen molar-refractivity contribution >= 4 is 39.8 Å². The molecule has 5 aromatic rings. The summed E-state index contributed by atoms with van der Waals surface area (Å²) < 4.78 is 11.3. The van der Waals surface area contributed by atoms with E-state index in [2.05, 4.69) is 32.5 Å². The maximum absolute atomic E-state index is 13.6. The SMILES string of the molecule is O=C(CCc1nc(-c2cccs2)no1)Nc1c(C(=O)N2CCN(Cc3ccccc3)CC2)oc2ccccc12. The zero-order valence-corrected chi connectivity index (χ0v) is 22.0. The van der Waals surface area contributed by atoms with Crippen LogP contribution in [0.2, 0.25) is 0 Å². The Bertz CT molecular complexity index is 1570. The van der Waals surface area contributed by atoms with Crippen molar-refractivity contribution in [3.8, 4) is 10.7 Å². The third-order valence-electron chi connectivity index (χ3n) is 6.74. The molecule has 0 unspecified atom stereocenters. The fourth-order valence-electron chi connectivity index (χ4n) is 4.70. The maximum atomic E-state index is 13.6. The molecule has 4 heterocycles. The quantitative estimate of drug-likeness (QED) is 0.292. The van der Waals surface area contributed by atoms with Gasteiger partial charge in [-0.05, 0) is 29.1 Å². The lowest BCUT2D eigenvalue weighted by Crippen LogP contribution is -2.48. The zero-order valence-electron chi connectivity index (χ0n) is 21.2. The lowest BCUT2D eigenvalue weighted by Gasteiger charge is -2.34. The van der Waals surface area contributed by atoms with Gasteiger partial charge in [0.2, 0.25) is 23.4 Å². The monoisotopic (exact) mass is 541 g/mol. The first-order valence-electron chi connectivity index (χ1n) is 12.9. The van der Waals surface area contributed by atoms with Crippen molar-refractivity contribution in [2.24, 2.45) is 0 Å². The summed E-state index contributed by atoms with van der Waals surface area (Å²) >= 11 is 1.52. The lowest BCUT2D eigenvalue weighted by atomic mass is 10.1. The summed E-state index contributed by atoms with van der Waals surface area (Å²) in [6.07, 6.45) is 0.407. The summed E-state index contributed by atoms with van der Waals surface area (Å²) in [7, 11) is 0. The van der Waals surface area contributed by atoms with Crippen LogP contribution >= 0.6 is 11.3 Å². The van der Waals surface area contributed by atoms with Crippen molar-refractivity contribution in [3.05, 3.63) is 89.3 Å². The van der Waals surface area contributed by atoms with E-state index in [1.54, 1.807) is 11.0 Å². The summed E-state index contributed by atoms with van der Waals surface area (Å²) in [5.74, 6) is 0.560. The molecule has 0 saturated carbocycles. The standard InChI is InChI=1S/C29H27N5O4S/c35-24(12-13-25-31-28(32-38-25)23-11-6-18-39-23)30-26-21-9-4-5-10-22(21)37-27(26)29(36)34-16-14-33(15-17-34)19-20-7-2-1-3-8-20/h1-11,18H,12-17,19H2,(H,30,35). The van der Waals surface area contributed by atoms with E-state index in [0.29, 0.717) is 41.5 Å². The van der Waals surface area contributed by atoms with Crippen LogP contribution in [0.25, 0.3) is 21.7 Å². The second-order valence-electron chi connectivity index (χ2n) is 9.39. The van der Waals surface area contributed by atoms with Gasteiger partial charge in [0.25, 0.3) is 5.91 Å². The number of anilines is 1. The number of carbonyl (C=O) groups excluding carboxylic acids is 2. The van der Waals surface area contributed by atoms with E-state index in [1.165, 1.54) is 16.9 Å². The van der Waals surface area contributed by atoms with Gasteiger partial charge in [-0.25, -0.2) is 0 Å². The fourth-order valence-corrected chi connectivity index (χ4v) is 5.35. The van der Waals surface area contributed by atoms with Crippen molar-refractivity contribution in [1.82, 2.24) is 19.9 Å².